The van der Waals surface area contributed by atoms with Gasteiger partial charge in [-0.2, -0.15) is 0 Å². The number of halogens is 2. The summed E-state index contributed by atoms with van der Waals surface area (Å²) in [5.74, 6) is 0.495. The van der Waals surface area contributed by atoms with Crippen molar-refractivity contribution in [3.63, 3.8) is 0 Å². The molecule has 2 N–H and O–H groups in total. The number of carbonyl (C=O) groups excluding carboxylic acids is 1. The van der Waals surface area contributed by atoms with E-state index in [9.17, 15) is 4.79 Å². The third-order valence-electron chi connectivity index (χ3n) is 4.18. The fraction of sp³-hybridized carbons (Fsp3) is 0.562. The number of benzene rings is 1. The highest BCUT2D eigenvalue weighted by molar-refractivity contribution is 6.42. The van der Waals surface area contributed by atoms with Gasteiger partial charge in [0.2, 0.25) is 0 Å². The van der Waals surface area contributed by atoms with Crippen LogP contribution in [0, 0.1) is 5.41 Å². The molecule has 1 heterocycles. The molecule has 0 saturated carbocycles. The lowest BCUT2D eigenvalue weighted by Gasteiger charge is -2.43. The molecule has 2 atom stereocenters. The lowest BCUT2D eigenvalue weighted by molar-refractivity contribution is -0.141. The molecule has 1 aliphatic rings. The number of nitrogens with zero attached hydrogens (tertiary/aromatic N) is 1. The van der Waals surface area contributed by atoms with Crippen molar-refractivity contribution in [3.05, 3.63) is 28.2 Å². The van der Waals surface area contributed by atoms with Gasteiger partial charge in [0.05, 0.1) is 10.0 Å². The molecule has 0 radical (unpaired) electrons. The van der Waals surface area contributed by atoms with Crippen molar-refractivity contribution >= 4 is 29.1 Å². The van der Waals surface area contributed by atoms with Crippen LogP contribution < -0.4 is 10.5 Å². The molecule has 1 aromatic rings. The summed E-state index contributed by atoms with van der Waals surface area (Å²) in [6.07, 6.45) is 0.223. The Morgan fingerprint density at radius 2 is 2.09 bits per heavy atom. The number of piperidine rings is 1. The number of ether oxygens (including phenoxy) is 1. The third-order valence-corrected chi connectivity index (χ3v) is 4.91. The number of likely N-dealkylation sites (tertiary alicyclic amines) is 1. The first-order chi connectivity index (χ1) is 10.2. The molecule has 1 aromatic carbocycles. The average Bonchev–Trinajstić information content (AvgIpc) is 2.45. The maximum absolute atomic E-state index is 12.5. The Morgan fingerprint density at radius 3 is 2.68 bits per heavy atom. The van der Waals surface area contributed by atoms with Gasteiger partial charge in [0.1, 0.15) is 5.75 Å². The highest BCUT2D eigenvalue weighted by atomic mass is 35.5. The van der Waals surface area contributed by atoms with E-state index in [-0.39, 0.29) is 17.4 Å². The number of hydrogen-bond donors (Lipinski definition) is 1. The summed E-state index contributed by atoms with van der Waals surface area (Å²) in [4.78, 5) is 14.4. The zero-order chi connectivity index (χ0) is 16.5. The minimum absolute atomic E-state index is 0.0361. The van der Waals surface area contributed by atoms with Crippen molar-refractivity contribution in [1.82, 2.24) is 4.90 Å². The van der Waals surface area contributed by atoms with Gasteiger partial charge in [0.25, 0.3) is 5.91 Å². The first-order valence-electron chi connectivity index (χ1n) is 7.37. The second-order valence-electron chi connectivity index (χ2n) is 6.48. The molecule has 0 aliphatic carbocycles. The van der Waals surface area contributed by atoms with Crippen LogP contribution in [0.2, 0.25) is 10.0 Å². The molecule has 22 heavy (non-hydrogen) atoms. The first kappa shape index (κ1) is 17.4. The quantitative estimate of drug-likeness (QED) is 0.914. The molecule has 4 nitrogen and oxygen atoms in total. The summed E-state index contributed by atoms with van der Waals surface area (Å²) in [6.45, 7) is 7.22. The van der Waals surface area contributed by atoms with Crippen LogP contribution in [0.4, 0.5) is 0 Å². The summed E-state index contributed by atoms with van der Waals surface area (Å²) in [6, 6.07) is 5.08. The highest BCUT2D eigenvalue weighted by Gasteiger charge is 2.36. The van der Waals surface area contributed by atoms with E-state index in [4.69, 9.17) is 33.7 Å². The smallest absolute Gasteiger partial charge is 0.263 e. The monoisotopic (exact) mass is 344 g/mol. The van der Waals surface area contributed by atoms with Crippen molar-refractivity contribution < 1.29 is 9.53 Å². The molecule has 0 spiro atoms. The Morgan fingerprint density at radius 1 is 1.41 bits per heavy atom. The Hall–Kier alpha value is -0.970. The van der Waals surface area contributed by atoms with Crippen molar-refractivity contribution in [1.29, 1.82) is 0 Å². The van der Waals surface area contributed by atoms with Crippen LogP contribution in [0.15, 0.2) is 18.2 Å². The molecule has 122 valence electrons. The highest BCUT2D eigenvalue weighted by Crippen LogP contribution is 2.29. The Kier molecular flexibility index (Phi) is 5.25. The normalized spacial score (nSPS) is 22.3. The van der Waals surface area contributed by atoms with E-state index in [1.54, 1.807) is 25.1 Å². The largest absolute Gasteiger partial charge is 0.481 e. The predicted molar refractivity (Wildman–Crippen MR) is 89.5 cm³/mol. The van der Waals surface area contributed by atoms with Crippen molar-refractivity contribution in [2.24, 2.45) is 11.1 Å². The summed E-state index contributed by atoms with van der Waals surface area (Å²) in [5.41, 5.74) is 6.02. The summed E-state index contributed by atoms with van der Waals surface area (Å²) in [5, 5.41) is 0.864. The summed E-state index contributed by atoms with van der Waals surface area (Å²) in [7, 11) is 0. The van der Waals surface area contributed by atoms with Gasteiger partial charge in [0.15, 0.2) is 6.10 Å². The topological polar surface area (TPSA) is 55.6 Å². The Bertz CT molecular complexity index is 563. The van der Waals surface area contributed by atoms with Crippen molar-refractivity contribution in [3.8, 4) is 5.75 Å². The fourth-order valence-electron chi connectivity index (χ4n) is 2.62. The number of hydrogen-bond acceptors (Lipinski definition) is 3. The second kappa shape index (κ2) is 6.65. The van der Waals surface area contributed by atoms with Crippen LogP contribution in [-0.2, 0) is 4.79 Å². The molecule has 0 aromatic heterocycles. The molecule has 1 aliphatic heterocycles. The lowest BCUT2D eigenvalue weighted by Crippen LogP contribution is -2.56. The van der Waals surface area contributed by atoms with Gasteiger partial charge in [-0.3, -0.25) is 4.79 Å². The van der Waals surface area contributed by atoms with Gasteiger partial charge in [-0.15, -0.1) is 0 Å². The number of carbonyl (C=O) groups is 1. The SMILES string of the molecule is CC(Oc1ccc(Cl)c(Cl)c1)C(=O)N1CCC(N)C(C)(C)C1. The fourth-order valence-corrected chi connectivity index (χ4v) is 2.91. The van der Waals surface area contributed by atoms with Crippen LogP contribution in [0.25, 0.3) is 0 Å². The predicted octanol–water partition coefficient (Wildman–Crippen LogP) is 3.35. The van der Waals surface area contributed by atoms with Gasteiger partial charge in [-0.1, -0.05) is 37.0 Å². The van der Waals surface area contributed by atoms with Gasteiger partial charge < -0.3 is 15.4 Å². The minimum atomic E-state index is -0.581. The number of nitrogens with two attached hydrogens (primary N) is 1. The standard InChI is InChI=1S/C16H22Cl2N2O2/c1-10(22-11-4-5-12(17)13(18)8-11)15(21)20-7-6-14(19)16(2,3)9-20/h4-5,8,10,14H,6-7,9,19H2,1-3H3. The average molecular weight is 345 g/mol. The van der Waals surface area contributed by atoms with E-state index < -0.39 is 6.10 Å². The van der Waals surface area contributed by atoms with E-state index in [0.717, 1.165) is 6.42 Å². The van der Waals surface area contributed by atoms with Crippen LogP contribution in [0.3, 0.4) is 0 Å². The summed E-state index contributed by atoms with van der Waals surface area (Å²) < 4.78 is 5.69. The van der Waals surface area contributed by atoms with Crippen LogP contribution >= 0.6 is 23.2 Å². The van der Waals surface area contributed by atoms with Crippen molar-refractivity contribution in [2.75, 3.05) is 13.1 Å². The third kappa shape index (κ3) is 3.86. The van der Waals surface area contributed by atoms with Gasteiger partial charge in [0, 0.05) is 25.2 Å². The molecular weight excluding hydrogens is 323 g/mol. The van der Waals surface area contributed by atoms with Crippen LogP contribution in [0.1, 0.15) is 27.2 Å². The minimum Gasteiger partial charge on any atom is -0.481 e. The molecule has 6 heteroatoms. The van der Waals surface area contributed by atoms with E-state index in [1.807, 2.05) is 4.90 Å². The molecule has 1 fully saturated rings. The number of amides is 1. The molecule has 1 amide bonds. The molecular formula is C16H22Cl2N2O2. The molecule has 2 rings (SSSR count). The maximum Gasteiger partial charge on any atom is 0.263 e. The van der Waals surface area contributed by atoms with Gasteiger partial charge in [-0.05, 0) is 30.9 Å². The molecule has 0 bridgehead atoms. The molecule has 1 saturated heterocycles. The van der Waals surface area contributed by atoms with Crippen LogP contribution in [0.5, 0.6) is 5.75 Å². The number of rotatable bonds is 3. The van der Waals surface area contributed by atoms with E-state index in [1.165, 1.54) is 0 Å². The summed E-state index contributed by atoms with van der Waals surface area (Å²) >= 11 is 11.8. The lowest BCUT2D eigenvalue weighted by atomic mass is 9.79. The second-order valence-corrected chi connectivity index (χ2v) is 7.29. The van der Waals surface area contributed by atoms with E-state index in [2.05, 4.69) is 13.8 Å². The first-order valence-corrected chi connectivity index (χ1v) is 8.12. The Labute approximate surface area is 141 Å². The molecule has 2 unspecified atom stereocenters. The van der Waals surface area contributed by atoms with Crippen molar-refractivity contribution in [2.45, 2.75) is 39.3 Å². The van der Waals surface area contributed by atoms with E-state index >= 15 is 0 Å². The maximum atomic E-state index is 12.5. The Balaban J connectivity index is 2.01. The van der Waals surface area contributed by atoms with Gasteiger partial charge in [-0.25, -0.2) is 0 Å². The zero-order valence-electron chi connectivity index (χ0n) is 13.1. The van der Waals surface area contributed by atoms with E-state index in [0.29, 0.717) is 28.9 Å². The zero-order valence-corrected chi connectivity index (χ0v) is 14.6. The van der Waals surface area contributed by atoms with Gasteiger partial charge >= 0.3 is 0 Å². The van der Waals surface area contributed by atoms with Crippen LogP contribution in [-0.4, -0.2) is 36.0 Å².